The summed E-state index contributed by atoms with van der Waals surface area (Å²) in [7, 11) is 1.49. The Morgan fingerprint density at radius 1 is 1.06 bits per heavy atom. The molecule has 0 aliphatic rings. The van der Waals surface area contributed by atoms with Gasteiger partial charge in [0.05, 0.1) is 12.7 Å². The number of ether oxygens (including phenoxy) is 3. The van der Waals surface area contributed by atoms with Crippen molar-refractivity contribution < 1.29 is 38.9 Å². The highest BCUT2D eigenvalue weighted by atomic mass is 16.6. The lowest BCUT2D eigenvalue weighted by Crippen LogP contribution is -2.28. The number of hydrogen-bond donors (Lipinski definition) is 4. The molecule has 10 heteroatoms. The number of anilines is 1. The van der Waals surface area contributed by atoms with Crippen LogP contribution < -0.4 is 15.5 Å². The van der Waals surface area contributed by atoms with Gasteiger partial charge in [-0.1, -0.05) is 18.2 Å². The fraction of sp³-hybridized carbons (Fsp3) is 0.320. The van der Waals surface area contributed by atoms with Gasteiger partial charge in [0.1, 0.15) is 12.4 Å². The van der Waals surface area contributed by atoms with Crippen molar-refractivity contribution in [3.8, 4) is 5.75 Å². The van der Waals surface area contributed by atoms with Gasteiger partial charge >= 0.3 is 6.09 Å². The van der Waals surface area contributed by atoms with Gasteiger partial charge in [-0.2, -0.15) is 0 Å². The average molecular weight is 487 g/mol. The van der Waals surface area contributed by atoms with Gasteiger partial charge in [-0.15, -0.1) is 0 Å². The molecule has 2 atom stereocenters. The van der Waals surface area contributed by atoms with Crippen molar-refractivity contribution in [3.05, 3.63) is 71.8 Å². The highest BCUT2D eigenvalue weighted by Crippen LogP contribution is 2.29. The number of methoxy groups -OCH3 is 1. The molecular formula is C25H30N2O8. The second-order valence-corrected chi connectivity index (χ2v) is 7.46. The Morgan fingerprint density at radius 3 is 2.31 bits per heavy atom. The van der Waals surface area contributed by atoms with E-state index in [-0.39, 0.29) is 19.0 Å². The smallest absolute Gasteiger partial charge is 0.412 e. The minimum atomic E-state index is -0.802. The zero-order valence-electron chi connectivity index (χ0n) is 19.6. The predicted octanol–water partition coefficient (Wildman–Crippen LogP) is 3.41. The SMILES string of the molecule is CO[C@@H](CC/C=C/C(=O)NO)[C@@H](OC(=O)Nc1ccc(C(C)=O)cc1)c1ccc(OCCO)cc1. The first kappa shape index (κ1) is 27.5. The molecule has 10 nitrogen and oxygen atoms in total. The van der Waals surface area contributed by atoms with Gasteiger partial charge in [-0.05, 0) is 61.7 Å². The maximum atomic E-state index is 12.7. The standard InChI is InChI=1S/C25H30N2O8/c1-17(29)18-7-11-20(12-8-18)26-25(31)35-24(19-9-13-21(14-10-19)34-16-15-28)22(33-2)5-3-4-6-23(30)27-32/h4,6-14,22,24,28,32H,3,5,15-16H2,1-2H3,(H,26,31)(H,27,30)/b6-4+/t22-,24-/m0/s1. The van der Waals surface area contributed by atoms with E-state index < -0.39 is 24.2 Å². The van der Waals surface area contributed by atoms with E-state index in [0.29, 0.717) is 35.4 Å². The van der Waals surface area contributed by atoms with Crippen molar-refractivity contribution >= 4 is 23.5 Å². The third-order valence-electron chi connectivity index (χ3n) is 4.98. The Bertz CT molecular complexity index is 990. The summed E-state index contributed by atoms with van der Waals surface area (Å²) in [4.78, 5) is 35.3. The van der Waals surface area contributed by atoms with Gasteiger partial charge in [-0.25, -0.2) is 10.3 Å². The van der Waals surface area contributed by atoms with Gasteiger partial charge < -0.3 is 19.3 Å². The lowest BCUT2D eigenvalue weighted by Gasteiger charge is -2.26. The Hall–Kier alpha value is -3.73. The van der Waals surface area contributed by atoms with Gasteiger partial charge in [-0.3, -0.25) is 20.1 Å². The quantitative estimate of drug-likeness (QED) is 0.146. The lowest BCUT2D eigenvalue weighted by atomic mass is 10.00. The van der Waals surface area contributed by atoms with Crippen LogP contribution in [-0.2, 0) is 14.3 Å². The first-order valence-electron chi connectivity index (χ1n) is 10.9. The van der Waals surface area contributed by atoms with E-state index in [1.807, 2.05) is 0 Å². The van der Waals surface area contributed by atoms with Gasteiger partial charge in [0.2, 0.25) is 0 Å². The number of benzene rings is 2. The summed E-state index contributed by atoms with van der Waals surface area (Å²) in [6.45, 7) is 1.49. The number of hydrogen-bond acceptors (Lipinski definition) is 8. The summed E-state index contributed by atoms with van der Waals surface area (Å²) < 4.78 is 16.7. The van der Waals surface area contributed by atoms with Crippen molar-refractivity contribution in [1.29, 1.82) is 0 Å². The van der Waals surface area contributed by atoms with E-state index >= 15 is 0 Å². The topological polar surface area (TPSA) is 143 Å². The molecule has 0 heterocycles. The van der Waals surface area contributed by atoms with E-state index in [4.69, 9.17) is 24.5 Å². The van der Waals surface area contributed by atoms with E-state index in [1.165, 1.54) is 25.6 Å². The largest absolute Gasteiger partial charge is 0.491 e. The number of hydroxylamine groups is 1. The van der Waals surface area contributed by atoms with Crippen LogP contribution in [0.2, 0.25) is 0 Å². The molecule has 2 amide bonds. The summed E-state index contributed by atoms with van der Waals surface area (Å²) in [6, 6.07) is 13.3. The highest BCUT2D eigenvalue weighted by molar-refractivity contribution is 5.95. The number of aliphatic hydroxyl groups is 1. The van der Waals surface area contributed by atoms with Crippen molar-refractivity contribution in [2.75, 3.05) is 25.6 Å². The van der Waals surface area contributed by atoms with Crippen molar-refractivity contribution in [2.24, 2.45) is 0 Å². The van der Waals surface area contributed by atoms with Crippen LogP contribution in [0, 0.1) is 0 Å². The molecule has 0 saturated carbocycles. The zero-order chi connectivity index (χ0) is 25.6. The molecule has 0 unspecified atom stereocenters. The first-order chi connectivity index (χ1) is 16.9. The molecule has 0 radical (unpaired) electrons. The van der Waals surface area contributed by atoms with Crippen molar-refractivity contribution in [3.63, 3.8) is 0 Å². The zero-order valence-corrected chi connectivity index (χ0v) is 19.6. The predicted molar refractivity (Wildman–Crippen MR) is 127 cm³/mol. The third-order valence-corrected chi connectivity index (χ3v) is 4.98. The molecule has 2 aromatic carbocycles. The molecule has 0 aliphatic heterocycles. The highest BCUT2D eigenvalue weighted by Gasteiger charge is 2.27. The van der Waals surface area contributed by atoms with Gasteiger partial charge in [0, 0.05) is 24.4 Å². The molecular weight excluding hydrogens is 456 g/mol. The van der Waals surface area contributed by atoms with E-state index in [1.54, 1.807) is 54.6 Å². The molecule has 4 N–H and O–H groups in total. The first-order valence-corrected chi connectivity index (χ1v) is 10.9. The number of ketones is 1. The molecule has 0 aromatic heterocycles. The van der Waals surface area contributed by atoms with Gasteiger partial charge in [0.25, 0.3) is 5.91 Å². The Labute approximate surface area is 203 Å². The minimum Gasteiger partial charge on any atom is -0.491 e. The summed E-state index contributed by atoms with van der Waals surface area (Å²) in [5.41, 5.74) is 3.14. The Morgan fingerprint density at radius 2 is 1.74 bits per heavy atom. The van der Waals surface area contributed by atoms with Crippen LogP contribution in [0.1, 0.15) is 41.8 Å². The minimum absolute atomic E-state index is 0.0842. The maximum absolute atomic E-state index is 12.7. The third kappa shape index (κ3) is 9.20. The van der Waals surface area contributed by atoms with E-state index in [2.05, 4.69) is 5.32 Å². The van der Waals surface area contributed by atoms with Crippen LogP contribution in [0.5, 0.6) is 5.75 Å². The molecule has 0 saturated heterocycles. The fourth-order valence-corrected chi connectivity index (χ4v) is 3.21. The normalized spacial score (nSPS) is 12.6. The summed E-state index contributed by atoms with van der Waals surface area (Å²) in [5, 5.41) is 20.1. The number of aliphatic hydroxyl groups excluding tert-OH is 1. The molecule has 35 heavy (non-hydrogen) atoms. The van der Waals surface area contributed by atoms with Crippen LogP contribution >= 0.6 is 0 Å². The number of nitrogens with one attached hydrogen (secondary N) is 2. The number of carbonyl (C=O) groups is 3. The van der Waals surface area contributed by atoms with Crippen LogP contribution in [0.15, 0.2) is 60.7 Å². The molecule has 0 fully saturated rings. The summed E-state index contributed by atoms with van der Waals surface area (Å²) in [5.74, 6) is -0.192. The molecule has 0 aliphatic carbocycles. The lowest BCUT2D eigenvalue weighted by molar-refractivity contribution is -0.124. The van der Waals surface area contributed by atoms with E-state index in [0.717, 1.165) is 0 Å². The Balaban J connectivity index is 2.17. The number of allylic oxidation sites excluding steroid dienone is 1. The molecule has 188 valence electrons. The second-order valence-electron chi connectivity index (χ2n) is 7.46. The van der Waals surface area contributed by atoms with Crippen LogP contribution in [0.25, 0.3) is 0 Å². The number of Topliss-reactive ketones (excluding diaryl/α,β-unsaturated/α-hetero) is 1. The number of carbonyl (C=O) groups excluding carboxylic acids is 3. The number of rotatable bonds is 13. The van der Waals surface area contributed by atoms with Crippen molar-refractivity contribution in [2.45, 2.75) is 32.0 Å². The summed E-state index contributed by atoms with van der Waals surface area (Å²) in [6.07, 6.45) is 1.49. The van der Waals surface area contributed by atoms with Gasteiger partial charge in [0.15, 0.2) is 11.9 Å². The Kier molecular flexibility index (Phi) is 11.4. The monoisotopic (exact) mass is 486 g/mol. The van der Waals surface area contributed by atoms with Crippen LogP contribution in [0.3, 0.4) is 0 Å². The fourth-order valence-electron chi connectivity index (χ4n) is 3.21. The number of amides is 2. The summed E-state index contributed by atoms with van der Waals surface area (Å²) >= 11 is 0. The van der Waals surface area contributed by atoms with Crippen LogP contribution in [-0.4, -0.2) is 54.5 Å². The molecule has 2 rings (SSSR count). The van der Waals surface area contributed by atoms with Crippen molar-refractivity contribution in [1.82, 2.24) is 5.48 Å². The molecule has 0 bridgehead atoms. The second kappa shape index (κ2) is 14.5. The molecule has 2 aromatic rings. The molecule has 0 spiro atoms. The van der Waals surface area contributed by atoms with E-state index in [9.17, 15) is 14.4 Å². The maximum Gasteiger partial charge on any atom is 0.412 e. The average Bonchev–Trinajstić information content (AvgIpc) is 2.87. The van der Waals surface area contributed by atoms with Crippen LogP contribution in [0.4, 0.5) is 10.5 Å².